The van der Waals surface area contributed by atoms with Crippen molar-refractivity contribution in [2.24, 2.45) is 0 Å². The Morgan fingerprint density at radius 3 is 2.23 bits per heavy atom. The molecule has 0 aliphatic carbocycles. The molecule has 0 amide bonds. The number of aryl methyl sites for hydroxylation is 1. The van der Waals surface area contributed by atoms with E-state index in [9.17, 15) is 9.59 Å². The minimum absolute atomic E-state index is 0.306. The fourth-order valence-corrected chi connectivity index (χ4v) is 2.23. The number of carbonyl (C=O) groups excluding carboxylic acids is 2. The molecule has 0 spiro atoms. The number of hydrogen-bond donors (Lipinski definition) is 0. The molecular formula is C17H15BrO4. The van der Waals surface area contributed by atoms with Gasteiger partial charge in [-0.05, 0) is 60.1 Å². The van der Waals surface area contributed by atoms with Gasteiger partial charge in [0.05, 0.1) is 22.2 Å². The molecule has 2 aromatic rings. The summed E-state index contributed by atoms with van der Waals surface area (Å²) in [4.78, 5) is 23.7. The van der Waals surface area contributed by atoms with E-state index in [4.69, 9.17) is 9.47 Å². The molecule has 0 unspecified atom stereocenters. The zero-order valence-corrected chi connectivity index (χ0v) is 13.8. The summed E-state index contributed by atoms with van der Waals surface area (Å²) >= 11 is 3.29. The van der Waals surface area contributed by atoms with Crippen molar-refractivity contribution in [3.63, 3.8) is 0 Å². The van der Waals surface area contributed by atoms with E-state index in [0.29, 0.717) is 28.0 Å². The van der Waals surface area contributed by atoms with E-state index in [-0.39, 0.29) is 0 Å². The minimum atomic E-state index is -0.454. The zero-order valence-electron chi connectivity index (χ0n) is 12.3. The number of carbonyl (C=O) groups is 2. The van der Waals surface area contributed by atoms with Crippen LogP contribution in [0.4, 0.5) is 0 Å². The molecule has 5 heteroatoms. The number of esters is 2. The van der Waals surface area contributed by atoms with Crippen LogP contribution in [-0.2, 0) is 4.74 Å². The monoisotopic (exact) mass is 362 g/mol. The third-order valence-corrected chi connectivity index (χ3v) is 3.55. The lowest BCUT2D eigenvalue weighted by Gasteiger charge is -2.08. The van der Waals surface area contributed by atoms with Gasteiger partial charge in [-0.15, -0.1) is 0 Å². The van der Waals surface area contributed by atoms with E-state index >= 15 is 0 Å². The Kier molecular flexibility index (Phi) is 5.33. The summed E-state index contributed by atoms with van der Waals surface area (Å²) in [6.45, 7) is 3.99. The number of hydrogen-bond acceptors (Lipinski definition) is 4. The van der Waals surface area contributed by atoms with Gasteiger partial charge >= 0.3 is 11.9 Å². The van der Waals surface area contributed by atoms with Crippen LogP contribution in [-0.4, -0.2) is 18.5 Å². The van der Waals surface area contributed by atoms with Crippen molar-refractivity contribution in [2.45, 2.75) is 13.8 Å². The van der Waals surface area contributed by atoms with Crippen LogP contribution in [0.15, 0.2) is 46.9 Å². The molecule has 0 N–H and O–H groups in total. The second-order valence-corrected chi connectivity index (χ2v) is 5.48. The maximum absolute atomic E-state index is 12.1. The Morgan fingerprint density at radius 1 is 1.00 bits per heavy atom. The molecule has 22 heavy (non-hydrogen) atoms. The first kappa shape index (κ1) is 16.2. The maximum Gasteiger partial charge on any atom is 0.343 e. The Labute approximate surface area is 137 Å². The first-order chi connectivity index (χ1) is 10.5. The van der Waals surface area contributed by atoms with Crippen LogP contribution in [0, 0.1) is 6.92 Å². The predicted octanol–water partition coefficient (Wildman–Crippen LogP) is 4.15. The third-order valence-electron chi connectivity index (χ3n) is 2.93. The summed E-state index contributed by atoms with van der Waals surface area (Å²) in [6, 6.07) is 11.8. The van der Waals surface area contributed by atoms with Gasteiger partial charge in [-0.3, -0.25) is 0 Å². The summed E-state index contributed by atoms with van der Waals surface area (Å²) < 4.78 is 10.8. The van der Waals surface area contributed by atoms with Crippen molar-refractivity contribution in [1.82, 2.24) is 0 Å². The van der Waals surface area contributed by atoms with Crippen molar-refractivity contribution in [2.75, 3.05) is 6.61 Å². The van der Waals surface area contributed by atoms with Gasteiger partial charge in [-0.1, -0.05) is 17.7 Å². The van der Waals surface area contributed by atoms with Crippen molar-refractivity contribution in [3.05, 3.63) is 63.6 Å². The van der Waals surface area contributed by atoms with E-state index in [1.54, 1.807) is 37.3 Å². The van der Waals surface area contributed by atoms with E-state index < -0.39 is 11.9 Å². The first-order valence-corrected chi connectivity index (χ1v) is 7.56. The Hall–Kier alpha value is -2.14. The lowest BCUT2D eigenvalue weighted by molar-refractivity contribution is 0.0526. The average Bonchev–Trinajstić information content (AvgIpc) is 2.50. The van der Waals surface area contributed by atoms with Gasteiger partial charge in [-0.2, -0.15) is 0 Å². The van der Waals surface area contributed by atoms with Crippen LogP contribution in [0.25, 0.3) is 0 Å². The largest absolute Gasteiger partial charge is 0.462 e. The number of ether oxygens (including phenoxy) is 2. The van der Waals surface area contributed by atoms with Gasteiger partial charge in [0.2, 0.25) is 0 Å². The lowest BCUT2D eigenvalue weighted by atomic mass is 10.1. The molecule has 0 aliphatic rings. The molecule has 2 rings (SSSR count). The molecule has 0 heterocycles. The minimum Gasteiger partial charge on any atom is -0.462 e. The molecule has 0 aromatic heterocycles. The lowest BCUT2D eigenvalue weighted by Crippen LogP contribution is -2.09. The van der Waals surface area contributed by atoms with E-state index in [2.05, 4.69) is 15.9 Å². The standard InChI is InChI=1S/C17H15BrO4/c1-3-21-16(19)13-8-9-15(14(18)10-13)22-17(20)12-6-4-11(2)5-7-12/h4-10H,3H2,1-2H3. The molecule has 0 saturated carbocycles. The summed E-state index contributed by atoms with van der Waals surface area (Å²) in [6.07, 6.45) is 0. The van der Waals surface area contributed by atoms with E-state index in [1.807, 2.05) is 19.1 Å². The quantitative estimate of drug-likeness (QED) is 0.605. The number of halogens is 1. The van der Waals surface area contributed by atoms with Crippen LogP contribution in [0.3, 0.4) is 0 Å². The van der Waals surface area contributed by atoms with E-state index in [0.717, 1.165) is 5.56 Å². The summed E-state index contributed by atoms with van der Waals surface area (Å²) in [7, 11) is 0. The van der Waals surface area contributed by atoms with E-state index in [1.165, 1.54) is 0 Å². The van der Waals surface area contributed by atoms with Gasteiger partial charge in [0.1, 0.15) is 5.75 Å². The first-order valence-electron chi connectivity index (χ1n) is 6.76. The van der Waals surface area contributed by atoms with Crippen molar-refractivity contribution in [1.29, 1.82) is 0 Å². The van der Waals surface area contributed by atoms with Crippen LogP contribution in [0.2, 0.25) is 0 Å². The zero-order chi connectivity index (χ0) is 16.1. The van der Waals surface area contributed by atoms with Crippen molar-refractivity contribution >= 4 is 27.9 Å². The highest BCUT2D eigenvalue weighted by Crippen LogP contribution is 2.27. The second-order valence-electron chi connectivity index (χ2n) is 4.62. The third kappa shape index (κ3) is 3.95. The fourth-order valence-electron chi connectivity index (χ4n) is 1.77. The molecule has 0 bridgehead atoms. The fraction of sp³-hybridized carbons (Fsp3) is 0.176. The number of rotatable bonds is 4. The predicted molar refractivity (Wildman–Crippen MR) is 86.2 cm³/mol. The Morgan fingerprint density at radius 2 is 1.64 bits per heavy atom. The maximum atomic E-state index is 12.1. The van der Waals surface area contributed by atoms with Crippen molar-refractivity contribution in [3.8, 4) is 5.75 Å². The van der Waals surface area contributed by atoms with Gasteiger partial charge in [0, 0.05) is 0 Å². The van der Waals surface area contributed by atoms with Gasteiger partial charge < -0.3 is 9.47 Å². The molecule has 2 aromatic carbocycles. The molecule has 0 aliphatic heterocycles. The van der Waals surface area contributed by atoms with Crippen LogP contribution < -0.4 is 4.74 Å². The Balaban J connectivity index is 2.14. The molecule has 0 radical (unpaired) electrons. The smallest absolute Gasteiger partial charge is 0.343 e. The van der Waals surface area contributed by atoms with Gasteiger partial charge in [-0.25, -0.2) is 9.59 Å². The van der Waals surface area contributed by atoms with Crippen LogP contribution >= 0.6 is 15.9 Å². The molecule has 0 saturated heterocycles. The van der Waals surface area contributed by atoms with Crippen LogP contribution in [0.1, 0.15) is 33.2 Å². The topological polar surface area (TPSA) is 52.6 Å². The molecule has 0 atom stereocenters. The molecular weight excluding hydrogens is 348 g/mol. The molecule has 0 fully saturated rings. The number of benzene rings is 2. The Bertz CT molecular complexity index is 692. The second kappa shape index (κ2) is 7.22. The van der Waals surface area contributed by atoms with Crippen molar-refractivity contribution < 1.29 is 19.1 Å². The summed E-state index contributed by atoms with van der Waals surface area (Å²) in [5.41, 5.74) is 1.92. The highest BCUT2D eigenvalue weighted by molar-refractivity contribution is 9.10. The SMILES string of the molecule is CCOC(=O)c1ccc(OC(=O)c2ccc(C)cc2)c(Br)c1. The normalized spacial score (nSPS) is 10.1. The summed E-state index contributed by atoms with van der Waals surface area (Å²) in [5.74, 6) is -0.525. The summed E-state index contributed by atoms with van der Waals surface area (Å²) in [5, 5.41) is 0. The highest BCUT2D eigenvalue weighted by atomic mass is 79.9. The van der Waals surface area contributed by atoms with Gasteiger partial charge in [0.25, 0.3) is 0 Å². The highest BCUT2D eigenvalue weighted by Gasteiger charge is 2.13. The molecule has 114 valence electrons. The van der Waals surface area contributed by atoms with Gasteiger partial charge in [0.15, 0.2) is 0 Å². The molecule has 4 nitrogen and oxygen atoms in total. The average molecular weight is 363 g/mol. The van der Waals surface area contributed by atoms with Crippen LogP contribution in [0.5, 0.6) is 5.75 Å².